The first-order valence-corrected chi connectivity index (χ1v) is 9.21. The van der Waals surface area contributed by atoms with Crippen LogP contribution in [0.2, 0.25) is 0 Å². The number of hydrogen-bond donors (Lipinski definition) is 1. The Morgan fingerprint density at radius 3 is 2.64 bits per heavy atom. The van der Waals surface area contributed by atoms with Crippen molar-refractivity contribution in [3.63, 3.8) is 0 Å². The normalized spacial score (nSPS) is 22.2. The van der Waals surface area contributed by atoms with E-state index in [-0.39, 0.29) is 31.0 Å². The van der Waals surface area contributed by atoms with E-state index in [0.29, 0.717) is 17.1 Å². The number of benzene rings is 1. The minimum absolute atomic E-state index is 0.0936. The van der Waals surface area contributed by atoms with E-state index in [0.717, 1.165) is 18.4 Å². The fourth-order valence-corrected chi connectivity index (χ4v) is 3.45. The topological polar surface area (TPSA) is 107 Å². The molecule has 1 aliphatic carbocycles. The van der Waals surface area contributed by atoms with E-state index in [4.69, 9.17) is 9.47 Å². The lowest BCUT2D eigenvalue weighted by Gasteiger charge is -2.40. The van der Waals surface area contributed by atoms with Gasteiger partial charge in [-0.15, -0.1) is 0 Å². The SMILES string of the molecule is COc1ccc([C@@H]2[C@@H](C(=O)NCc3nonc3C)OCC(=O)N2C2CC2)cc1. The van der Waals surface area contributed by atoms with Gasteiger partial charge < -0.3 is 19.7 Å². The minimum Gasteiger partial charge on any atom is -0.497 e. The van der Waals surface area contributed by atoms with Crippen LogP contribution >= 0.6 is 0 Å². The summed E-state index contributed by atoms with van der Waals surface area (Å²) >= 11 is 0. The Bertz CT molecular complexity index is 861. The lowest BCUT2D eigenvalue weighted by Crippen LogP contribution is -2.55. The number of aromatic nitrogens is 2. The van der Waals surface area contributed by atoms with Gasteiger partial charge in [-0.25, -0.2) is 4.63 Å². The zero-order chi connectivity index (χ0) is 19.7. The molecule has 148 valence electrons. The number of ether oxygens (including phenoxy) is 2. The molecule has 2 amide bonds. The Kier molecular flexibility index (Phi) is 4.99. The van der Waals surface area contributed by atoms with Gasteiger partial charge in [0.1, 0.15) is 23.7 Å². The fourth-order valence-electron chi connectivity index (χ4n) is 3.45. The van der Waals surface area contributed by atoms with E-state index in [1.165, 1.54) is 0 Å². The van der Waals surface area contributed by atoms with Crippen LogP contribution in [-0.4, -0.2) is 52.9 Å². The Balaban J connectivity index is 1.58. The highest BCUT2D eigenvalue weighted by Crippen LogP contribution is 2.39. The molecule has 9 nitrogen and oxygen atoms in total. The lowest BCUT2D eigenvalue weighted by atomic mass is 9.96. The van der Waals surface area contributed by atoms with Crippen LogP contribution in [0.4, 0.5) is 0 Å². The standard InChI is InChI=1S/C19H22N4O5/c1-11-15(22-28-21-11)9-20-19(25)18-17(12-3-7-14(26-2)8-4-12)23(13-5-6-13)16(24)10-27-18/h3-4,7-8,13,17-18H,5-6,9-10H2,1-2H3,(H,20,25)/t17-,18+/m1/s1. The molecule has 9 heteroatoms. The van der Waals surface area contributed by atoms with E-state index in [1.54, 1.807) is 18.9 Å². The highest BCUT2D eigenvalue weighted by atomic mass is 16.6. The predicted octanol–water partition coefficient (Wildman–Crippen LogP) is 1.13. The van der Waals surface area contributed by atoms with Crippen LogP contribution in [0.25, 0.3) is 0 Å². The number of rotatable bonds is 6. The third-order valence-electron chi connectivity index (χ3n) is 5.09. The Labute approximate surface area is 161 Å². The molecule has 2 atom stereocenters. The van der Waals surface area contributed by atoms with E-state index >= 15 is 0 Å². The number of nitrogens with one attached hydrogen (secondary N) is 1. The molecule has 1 saturated carbocycles. The number of morpholine rings is 1. The van der Waals surface area contributed by atoms with Gasteiger partial charge in [0.25, 0.3) is 5.91 Å². The third kappa shape index (κ3) is 3.57. The first kappa shape index (κ1) is 18.4. The summed E-state index contributed by atoms with van der Waals surface area (Å²) in [5.74, 6) is 0.310. The number of nitrogens with zero attached hydrogens (tertiary/aromatic N) is 3. The molecule has 1 aromatic heterocycles. The zero-order valence-electron chi connectivity index (χ0n) is 15.8. The Morgan fingerprint density at radius 2 is 2.04 bits per heavy atom. The van der Waals surface area contributed by atoms with Crippen molar-refractivity contribution < 1.29 is 23.7 Å². The van der Waals surface area contributed by atoms with Crippen molar-refractivity contribution in [3.05, 3.63) is 41.2 Å². The summed E-state index contributed by atoms with van der Waals surface area (Å²) in [5, 5.41) is 10.3. The predicted molar refractivity (Wildman–Crippen MR) is 96.2 cm³/mol. The van der Waals surface area contributed by atoms with Crippen molar-refractivity contribution >= 4 is 11.8 Å². The first-order valence-electron chi connectivity index (χ1n) is 9.21. The highest BCUT2D eigenvalue weighted by molar-refractivity contribution is 5.86. The van der Waals surface area contributed by atoms with Gasteiger partial charge in [0.15, 0.2) is 6.10 Å². The van der Waals surface area contributed by atoms with E-state index in [1.807, 2.05) is 24.3 Å². The molecule has 0 spiro atoms. The molecule has 2 fully saturated rings. The second kappa shape index (κ2) is 7.59. The fraction of sp³-hybridized carbons (Fsp3) is 0.474. The van der Waals surface area contributed by atoms with E-state index in [9.17, 15) is 9.59 Å². The third-order valence-corrected chi connectivity index (χ3v) is 5.09. The molecule has 1 aliphatic heterocycles. The molecule has 1 aromatic carbocycles. The smallest absolute Gasteiger partial charge is 0.252 e. The van der Waals surface area contributed by atoms with Crippen LogP contribution in [0.5, 0.6) is 5.75 Å². The molecular weight excluding hydrogens is 364 g/mol. The average Bonchev–Trinajstić information content (AvgIpc) is 3.47. The minimum atomic E-state index is -0.813. The maximum Gasteiger partial charge on any atom is 0.252 e. The quantitative estimate of drug-likeness (QED) is 0.793. The monoisotopic (exact) mass is 386 g/mol. The zero-order valence-corrected chi connectivity index (χ0v) is 15.8. The summed E-state index contributed by atoms with van der Waals surface area (Å²) in [5.41, 5.74) is 2.01. The van der Waals surface area contributed by atoms with Gasteiger partial charge in [0.05, 0.1) is 19.7 Å². The average molecular weight is 386 g/mol. The van der Waals surface area contributed by atoms with Crippen molar-refractivity contribution in [2.75, 3.05) is 13.7 Å². The molecule has 28 heavy (non-hydrogen) atoms. The molecule has 0 unspecified atom stereocenters. The van der Waals surface area contributed by atoms with Crippen molar-refractivity contribution in [3.8, 4) is 5.75 Å². The Morgan fingerprint density at radius 1 is 1.29 bits per heavy atom. The molecule has 0 bridgehead atoms. The summed E-state index contributed by atoms with van der Waals surface area (Å²) < 4.78 is 15.6. The Hall–Kier alpha value is -2.94. The lowest BCUT2D eigenvalue weighted by molar-refractivity contribution is -0.165. The summed E-state index contributed by atoms with van der Waals surface area (Å²) in [6.07, 6.45) is 1.07. The number of methoxy groups -OCH3 is 1. The number of carbonyl (C=O) groups excluding carboxylic acids is 2. The summed E-state index contributed by atoms with van der Waals surface area (Å²) in [7, 11) is 1.59. The van der Waals surface area contributed by atoms with Crippen LogP contribution < -0.4 is 10.1 Å². The van der Waals surface area contributed by atoms with Crippen molar-refractivity contribution in [2.24, 2.45) is 0 Å². The molecule has 4 rings (SSSR count). The summed E-state index contributed by atoms with van der Waals surface area (Å²) in [4.78, 5) is 27.3. The first-order chi connectivity index (χ1) is 13.6. The number of aryl methyl sites for hydroxylation is 1. The van der Waals surface area contributed by atoms with Gasteiger partial charge in [-0.05, 0) is 37.5 Å². The van der Waals surface area contributed by atoms with Crippen LogP contribution in [0.3, 0.4) is 0 Å². The van der Waals surface area contributed by atoms with Gasteiger partial charge in [0.2, 0.25) is 5.91 Å². The molecule has 1 saturated heterocycles. The van der Waals surface area contributed by atoms with Gasteiger partial charge in [-0.2, -0.15) is 0 Å². The van der Waals surface area contributed by atoms with Crippen LogP contribution in [0, 0.1) is 6.92 Å². The van der Waals surface area contributed by atoms with Crippen molar-refractivity contribution in [1.82, 2.24) is 20.5 Å². The molecule has 1 N–H and O–H groups in total. The number of hydrogen-bond acceptors (Lipinski definition) is 7. The van der Waals surface area contributed by atoms with Gasteiger partial charge in [0, 0.05) is 6.04 Å². The van der Waals surface area contributed by atoms with Gasteiger partial charge in [-0.3, -0.25) is 9.59 Å². The number of amides is 2. The molecule has 2 aliphatic rings. The van der Waals surface area contributed by atoms with Crippen LogP contribution in [0.15, 0.2) is 28.9 Å². The van der Waals surface area contributed by atoms with Crippen molar-refractivity contribution in [1.29, 1.82) is 0 Å². The summed E-state index contributed by atoms with van der Waals surface area (Å²) in [6, 6.07) is 7.04. The maximum atomic E-state index is 12.9. The molecule has 2 heterocycles. The summed E-state index contributed by atoms with van der Waals surface area (Å²) in [6.45, 7) is 1.83. The van der Waals surface area contributed by atoms with Crippen LogP contribution in [0.1, 0.15) is 35.8 Å². The van der Waals surface area contributed by atoms with E-state index < -0.39 is 12.1 Å². The maximum absolute atomic E-state index is 12.9. The number of carbonyl (C=O) groups is 2. The highest BCUT2D eigenvalue weighted by Gasteiger charge is 2.47. The van der Waals surface area contributed by atoms with E-state index in [2.05, 4.69) is 20.3 Å². The molecule has 2 aromatic rings. The second-order valence-electron chi connectivity index (χ2n) is 7.00. The van der Waals surface area contributed by atoms with Crippen LogP contribution in [-0.2, 0) is 20.9 Å². The van der Waals surface area contributed by atoms with Gasteiger partial charge >= 0.3 is 0 Å². The molecular formula is C19H22N4O5. The van der Waals surface area contributed by atoms with Crippen molar-refractivity contribution in [2.45, 2.75) is 44.5 Å². The largest absolute Gasteiger partial charge is 0.497 e. The molecule has 0 radical (unpaired) electrons. The second-order valence-corrected chi connectivity index (χ2v) is 7.00. The van der Waals surface area contributed by atoms with Gasteiger partial charge in [-0.1, -0.05) is 22.4 Å².